The van der Waals surface area contributed by atoms with E-state index in [-0.39, 0.29) is 12.4 Å². The second kappa shape index (κ2) is 5.61. The molecule has 0 spiro atoms. The lowest BCUT2D eigenvalue weighted by Crippen LogP contribution is -2.09. The average molecular weight is 260 g/mol. The molecule has 0 aliphatic heterocycles. The number of rotatable bonds is 4. The lowest BCUT2D eigenvalue weighted by Gasteiger charge is -2.16. The monoisotopic (exact) mass is 260 g/mol. The number of anilines is 2. The molecular weight excluding hydrogens is 243 g/mol. The SMILES string of the molecule is CN(C)c1ccc(N)c(OCc2ccccc2F)c1. The summed E-state index contributed by atoms with van der Waals surface area (Å²) >= 11 is 0. The highest BCUT2D eigenvalue weighted by Crippen LogP contribution is 2.27. The molecule has 0 aliphatic carbocycles. The third kappa shape index (κ3) is 3.16. The number of nitrogens with zero attached hydrogens (tertiary/aromatic N) is 1. The van der Waals surface area contributed by atoms with Crippen LogP contribution in [0.1, 0.15) is 5.56 Å². The highest BCUT2D eigenvalue weighted by atomic mass is 19.1. The van der Waals surface area contributed by atoms with Crippen LogP contribution in [0.2, 0.25) is 0 Å². The molecule has 0 aliphatic rings. The van der Waals surface area contributed by atoms with Gasteiger partial charge in [-0.2, -0.15) is 0 Å². The van der Waals surface area contributed by atoms with Crippen molar-refractivity contribution in [2.75, 3.05) is 24.7 Å². The Hall–Kier alpha value is -2.23. The number of benzene rings is 2. The van der Waals surface area contributed by atoms with E-state index in [0.717, 1.165) is 5.69 Å². The molecule has 100 valence electrons. The minimum absolute atomic E-state index is 0.160. The summed E-state index contributed by atoms with van der Waals surface area (Å²) in [6.45, 7) is 0.160. The summed E-state index contributed by atoms with van der Waals surface area (Å²) in [6.07, 6.45) is 0. The molecule has 0 radical (unpaired) electrons. The third-order valence-electron chi connectivity index (χ3n) is 2.85. The van der Waals surface area contributed by atoms with Crippen LogP contribution < -0.4 is 15.4 Å². The summed E-state index contributed by atoms with van der Waals surface area (Å²) in [5.41, 5.74) is 7.89. The molecule has 0 bridgehead atoms. The van der Waals surface area contributed by atoms with E-state index in [1.165, 1.54) is 6.07 Å². The molecule has 2 aromatic carbocycles. The predicted octanol–water partition coefficient (Wildman–Crippen LogP) is 3.05. The Morgan fingerprint density at radius 3 is 2.58 bits per heavy atom. The van der Waals surface area contributed by atoms with Crippen LogP contribution >= 0.6 is 0 Å². The van der Waals surface area contributed by atoms with Crippen molar-refractivity contribution in [3.8, 4) is 5.75 Å². The molecule has 0 aromatic heterocycles. The van der Waals surface area contributed by atoms with Gasteiger partial charge in [-0.15, -0.1) is 0 Å². The van der Waals surface area contributed by atoms with Gasteiger partial charge in [-0.1, -0.05) is 18.2 Å². The molecule has 2 rings (SSSR count). The van der Waals surface area contributed by atoms with Crippen molar-refractivity contribution in [3.63, 3.8) is 0 Å². The quantitative estimate of drug-likeness (QED) is 0.859. The molecule has 0 fully saturated rings. The molecule has 0 saturated heterocycles. The van der Waals surface area contributed by atoms with Gasteiger partial charge in [0.1, 0.15) is 18.2 Å². The van der Waals surface area contributed by atoms with E-state index in [0.29, 0.717) is 17.0 Å². The van der Waals surface area contributed by atoms with Gasteiger partial charge in [0.05, 0.1) is 5.69 Å². The predicted molar refractivity (Wildman–Crippen MR) is 75.9 cm³/mol. The summed E-state index contributed by atoms with van der Waals surface area (Å²) in [4.78, 5) is 1.95. The summed E-state index contributed by atoms with van der Waals surface area (Å²) in [5, 5.41) is 0. The molecule has 0 amide bonds. The van der Waals surface area contributed by atoms with Crippen molar-refractivity contribution < 1.29 is 9.13 Å². The zero-order chi connectivity index (χ0) is 13.8. The normalized spacial score (nSPS) is 10.3. The Labute approximate surface area is 112 Å². The zero-order valence-corrected chi connectivity index (χ0v) is 11.1. The van der Waals surface area contributed by atoms with Crippen molar-refractivity contribution in [1.82, 2.24) is 0 Å². The number of nitrogens with two attached hydrogens (primary N) is 1. The molecule has 19 heavy (non-hydrogen) atoms. The minimum atomic E-state index is -0.273. The van der Waals surface area contributed by atoms with Crippen molar-refractivity contribution in [1.29, 1.82) is 0 Å². The zero-order valence-electron chi connectivity index (χ0n) is 11.1. The molecule has 0 atom stereocenters. The summed E-state index contributed by atoms with van der Waals surface area (Å²) in [6, 6.07) is 12.1. The second-order valence-electron chi connectivity index (χ2n) is 4.50. The van der Waals surface area contributed by atoms with Crippen molar-refractivity contribution in [2.24, 2.45) is 0 Å². The minimum Gasteiger partial charge on any atom is -0.487 e. The molecule has 2 N–H and O–H groups in total. The number of nitrogen functional groups attached to an aromatic ring is 1. The molecule has 0 unspecified atom stereocenters. The van der Waals surface area contributed by atoms with E-state index >= 15 is 0 Å². The maximum atomic E-state index is 13.5. The first-order valence-corrected chi connectivity index (χ1v) is 6.01. The Bertz CT molecular complexity index is 570. The Kier molecular flexibility index (Phi) is 3.90. The number of ether oxygens (including phenoxy) is 1. The average Bonchev–Trinajstić information content (AvgIpc) is 2.39. The van der Waals surface area contributed by atoms with E-state index in [4.69, 9.17) is 10.5 Å². The topological polar surface area (TPSA) is 38.5 Å². The van der Waals surface area contributed by atoms with Gasteiger partial charge >= 0.3 is 0 Å². The third-order valence-corrected chi connectivity index (χ3v) is 2.85. The van der Waals surface area contributed by atoms with Gasteiger partial charge in [0.15, 0.2) is 0 Å². The lowest BCUT2D eigenvalue weighted by atomic mass is 10.2. The van der Waals surface area contributed by atoms with Crippen LogP contribution in [0.3, 0.4) is 0 Å². The van der Waals surface area contributed by atoms with E-state index in [2.05, 4.69) is 0 Å². The maximum absolute atomic E-state index is 13.5. The molecule has 0 heterocycles. The van der Waals surface area contributed by atoms with Crippen LogP contribution in [-0.4, -0.2) is 14.1 Å². The first-order chi connectivity index (χ1) is 9.08. The largest absolute Gasteiger partial charge is 0.487 e. The summed E-state index contributed by atoms with van der Waals surface area (Å²) in [5.74, 6) is 0.291. The van der Waals surface area contributed by atoms with E-state index in [1.807, 2.05) is 31.1 Å². The smallest absolute Gasteiger partial charge is 0.144 e. The van der Waals surface area contributed by atoms with Crippen LogP contribution in [0, 0.1) is 5.82 Å². The fourth-order valence-electron chi connectivity index (χ4n) is 1.70. The molecule has 3 nitrogen and oxygen atoms in total. The number of hydrogen-bond donors (Lipinski definition) is 1. The molecule has 2 aromatic rings. The Balaban J connectivity index is 2.15. The second-order valence-corrected chi connectivity index (χ2v) is 4.50. The van der Waals surface area contributed by atoms with Crippen LogP contribution in [-0.2, 0) is 6.61 Å². The van der Waals surface area contributed by atoms with Crippen LogP contribution in [0.5, 0.6) is 5.75 Å². The molecule has 0 saturated carbocycles. The highest BCUT2D eigenvalue weighted by molar-refractivity contribution is 5.61. The molecular formula is C15H17FN2O. The van der Waals surface area contributed by atoms with E-state index in [9.17, 15) is 4.39 Å². The van der Waals surface area contributed by atoms with Crippen LogP contribution in [0.15, 0.2) is 42.5 Å². The van der Waals surface area contributed by atoms with Crippen molar-refractivity contribution in [2.45, 2.75) is 6.61 Å². The van der Waals surface area contributed by atoms with E-state index < -0.39 is 0 Å². The van der Waals surface area contributed by atoms with Crippen molar-refractivity contribution >= 4 is 11.4 Å². The first-order valence-electron chi connectivity index (χ1n) is 6.01. The standard InChI is InChI=1S/C15H17FN2O/c1-18(2)12-7-8-14(17)15(9-12)19-10-11-5-3-4-6-13(11)16/h3-9H,10,17H2,1-2H3. The van der Waals surface area contributed by atoms with Gasteiger partial charge in [0.25, 0.3) is 0 Å². The van der Waals surface area contributed by atoms with Crippen LogP contribution in [0.25, 0.3) is 0 Å². The van der Waals surface area contributed by atoms with Gasteiger partial charge in [0.2, 0.25) is 0 Å². The number of hydrogen-bond acceptors (Lipinski definition) is 3. The van der Waals surface area contributed by atoms with Gasteiger partial charge in [-0.25, -0.2) is 4.39 Å². The maximum Gasteiger partial charge on any atom is 0.144 e. The summed E-state index contributed by atoms with van der Waals surface area (Å²) < 4.78 is 19.1. The summed E-state index contributed by atoms with van der Waals surface area (Å²) in [7, 11) is 3.87. The number of halogens is 1. The van der Waals surface area contributed by atoms with Crippen LogP contribution in [0.4, 0.5) is 15.8 Å². The van der Waals surface area contributed by atoms with E-state index in [1.54, 1.807) is 24.3 Å². The highest BCUT2D eigenvalue weighted by Gasteiger charge is 2.06. The van der Waals surface area contributed by atoms with Crippen molar-refractivity contribution in [3.05, 3.63) is 53.8 Å². The first kappa shape index (κ1) is 13.2. The fraction of sp³-hybridized carbons (Fsp3) is 0.200. The lowest BCUT2D eigenvalue weighted by molar-refractivity contribution is 0.301. The Morgan fingerprint density at radius 1 is 1.16 bits per heavy atom. The van der Waals surface area contributed by atoms with Gasteiger partial charge < -0.3 is 15.4 Å². The Morgan fingerprint density at radius 2 is 1.89 bits per heavy atom. The molecule has 4 heteroatoms. The van der Waals surface area contributed by atoms with Gasteiger partial charge in [0, 0.05) is 31.4 Å². The van der Waals surface area contributed by atoms with Gasteiger partial charge in [-0.3, -0.25) is 0 Å². The van der Waals surface area contributed by atoms with Gasteiger partial charge in [-0.05, 0) is 18.2 Å². The fourth-order valence-corrected chi connectivity index (χ4v) is 1.70.